The molecule has 1 aromatic heterocycles. The number of aromatic nitrogens is 1. The van der Waals surface area contributed by atoms with Crippen LogP contribution in [-0.4, -0.2) is 46.6 Å². The van der Waals surface area contributed by atoms with Gasteiger partial charge in [0, 0.05) is 19.1 Å². The SMILES string of the molecule is CCNc1ncc(F)cc1C(=O)N(CCO)C(C)C. The Hall–Kier alpha value is -1.69. The maximum absolute atomic E-state index is 13.3. The van der Waals surface area contributed by atoms with E-state index in [0.717, 1.165) is 6.20 Å². The molecule has 0 fully saturated rings. The number of nitrogens with zero attached hydrogens (tertiary/aromatic N) is 2. The van der Waals surface area contributed by atoms with E-state index in [1.807, 2.05) is 20.8 Å². The summed E-state index contributed by atoms with van der Waals surface area (Å²) in [6, 6.07) is 1.08. The molecule has 0 spiro atoms. The summed E-state index contributed by atoms with van der Waals surface area (Å²) in [5.74, 6) is -0.540. The minimum Gasteiger partial charge on any atom is -0.395 e. The number of carbonyl (C=O) groups excluding carboxylic acids is 1. The quantitative estimate of drug-likeness (QED) is 0.821. The fourth-order valence-corrected chi connectivity index (χ4v) is 1.77. The first kappa shape index (κ1) is 15.4. The van der Waals surface area contributed by atoms with Gasteiger partial charge in [0.1, 0.15) is 11.6 Å². The van der Waals surface area contributed by atoms with E-state index in [1.165, 1.54) is 11.0 Å². The maximum Gasteiger partial charge on any atom is 0.258 e. The van der Waals surface area contributed by atoms with Crippen molar-refractivity contribution in [1.82, 2.24) is 9.88 Å². The number of aliphatic hydroxyl groups excluding tert-OH is 1. The molecule has 6 heteroatoms. The zero-order valence-corrected chi connectivity index (χ0v) is 11.5. The predicted octanol–water partition coefficient (Wildman–Crippen LogP) is 1.50. The number of nitrogens with one attached hydrogen (secondary N) is 1. The molecule has 0 bridgehead atoms. The Morgan fingerprint density at radius 2 is 2.26 bits per heavy atom. The van der Waals surface area contributed by atoms with Crippen LogP contribution >= 0.6 is 0 Å². The number of pyridine rings is 1. The number of rotatable bonds is 6. The van der Waals surface area contributed by atoms with Crippen LogP contribution < -0.4 is 5.32 Å². The van der Waals surface area contributed by atoms with E-state index in [2.05, 4.69) is 10.3 Å². The second kappa shape index (κ2) is 7.04. The second-order valence-corrected chi connectivity index (χ2v) is 4.40. The maximum atomic E-state index is 13.3. The highest BCUT2D eigenvalue weighted by Crippen LogP contribution is 2.17. The van der Waals surface area contributed by atoms with Gasteiger partial charge in [-0.2, -0.15) is 0 Å². The predicted molar refractivity (Wildman–Crippen MR) is 71.6 cm³/mol. The third kappa shape index (κ3) is 3.89. The van der Waals surface area contributed by atoms with Crippen molar-refractivity contribution in [2.75, 3.05) is 25.0 Å². The molecule has 1 rings (SSSR count). The van der Waals surface area contributed by atoms with Crippen molar-refractivity contribution in [3.63, 3.8) is 0 Å². The van der Waals surface area contributed by atoms with E-state index in [0.29, 0.717) is 12.4 Å². The smallest absolute Gasteiger partial charge is 0.258 e. The lowest BCUT2D eigenvalue weighted by Crippen LogP contribution is -2.39. The monoisotopic (exact) mass is 269 g/mol. The summed E-state index contributed by atoms with van der Waals surface area (Å²) in [5, 5.41) is 11.9. The summed E-state index contributed by atoms with van der Waals surface area (Å²) in [6.07, 6.45) is 1.07. The van der Waals surface area contributed by atoms with Crippen molar-refractivity contribution < 1.29 is 14.3 Å². The molecule has 19 heavy (non-hydrogen) atoms. The molecule has 0 unspecified atom stereocenters. The molecule has 0 saturated heterocycles. The summed E-state index contributed by atoms with van der Waals surface area (Å²) >= 11 is 0. The van der Waals surface area contributed by atoms with Gasteiger partial charge < -0.3 is 15.3 Å². The van der Waals surface area contributed by atoms with Gasteiger partial charge >= 0.3 is 0 Å². The summed E-state index contributed by atoms with van der Waals surface area (Å²) in [4.78, 5) is 17.8. The van der Waals surface area contributed by atoms with Crippen molar-refractivity contribution in [2.45, 2.75) is 26.8 Å². The molecule has 1 aromatic rings. The summed E-state index contributed by atoms with van der Waals surface area (Å²) in [6.45, 7) is 6.20. The molecule has 0 saturated carbocycles. The van der Waals surface area contributed by atoms with Gasteiger partial charge in [0.15, 0.2) is 0 Å². The molecule has 0 radical (unpaired) electrons. The molecule has 1 heterocycles. The lowest BCUT2D eigenvalue weighted by atomic mass is 10.2. The van der Waals surface area contributed by atoms with Crippen molar-refractivity contribution in [2.24, 2.45) is 0 Å². The van der Waals surface area contributed by atoms with E-state index in [1.54, 1.807) is 0 Å². The fraction of sp³-hybridized carbons (Fsp3) is 0.538. The highest BCUT2D eigenvalue weighted by atomic mass is 19.1. The van der Waals surface area contributed by atoms with Gasteiger partial charge in [-0.3, -0.25) is 4.79 Å². The first-order valence-corrected chi connectivity index (χ1v) is 6.32. The van der Waals surface area contributed by atoms with Crippen molar-refractivity contribution >= 4 is 11.7 Å². The summed E-state index contributed by atoms with van der Waals surface area (Å²) < 4.78 is 13.3. The van der Waals surface area contributed by atoms with Crippen LogP contribution in [0.3, 0.4) is 0 Å². The lowest BCUT2D eigenvalue weighted by Gasteiger charge is -2.26. The van der Waals surface area contributed by atoms with Gasteiger partial charge in [0.25, 0.3) is 5.91 Å². The van der Waals surface area contributed by atoms with E-state index in [9.17, 15) is 9.18 Å². The van der Waals surface area contributed by atoms with Crippen LogP contribution in [0.2, 0.25) is 0 Å². The molecule has 1 amide bonds. The molecule has 5 nitrogen and oxygen atoms in total. The number of anilines is 1. The number of hydrogen-bond acceptors (Lipinski definition) is 4. The summed E-state index contributed by atoms with van der Waals surface area (Å²) in [7, 11) is 0. The van der Waals surface area contributed by atoms with Crippen LogP contribution in [0.4, 0.5) is 10.2 Å². The van der Waals surface area contributed by atoms with Gasteiger partial charge in [-0.15, -0.1) is 0 Å². The molecule has 106 valence electrons. The molecule has 0 aliphatic heterocycles. The van der Waals surface area contributed by atoms with E-state index < -0.39 is 5.82 Å². The Bertz CT molecular complexity index is 438. The standard InChI is InChI=1S/C13H20FN3O2/c1-4-15-12-11(7-10(14)8-16-12)13(19)17(5-6-18)9(2)3/h7-9,18H,4-6H2,1-3H3,(H,15,16). The van der Waals surface area contributed by atoms with E-state index in [4.69, 9.17) is 5.11 Å². The lowest BCUT2D eigenvalue weighted by molar-refractivity contribution is 0.0665. The molecule has 0 aliphatic rings. The van der Waals surface area contributed by atoms with Gasteiger partial charge in [-0.05, 0) is 26.8 Å². The average molecular weight is 269 g/mol. The van der Waals surface area contributed by atoms with E-state index >= 15 is 0 Å². The van der Waals surface area contributed by atoms with Crippen LogP contribution in [0.1, 0.15) is 31.1 Å². The van der Waals surface area contributed by atoms with Crippen LogP contribution in [0.25, 0.3) is 0 Å². The highest BCUT2D eigenvalue weighted by Gasteiger charge is 2.22. The van der Waals surface area contributed by atoms with Crippen LogP contribution in [-0.2, 0) is 0 Å². The number of carbonyl (C=O) groups is 1. The number of hydrogen-bond donors (Lipinski definition) is 2. The summed E-state index contributed by atoms with van der Waals surface area (Å²) in [5.41, 5.74) is 0.184. The number of aliphatic hydroxyl groups is 1. The topological polar surface area (TPSA) is 65.5 Å². The molecule has 0 aromatic carbocycles. The molecule has 2 N–H and O–H groups in total. The molecular formula is C13H20FN3O2. The first-order chi connectivity index (χ1) is 9.01. The van der Waals surface area contributed by atoms with Crippen LogP contribution in [0, 0.1) is 5.82 Å². The number of amides is 1. The second-order valence-electron chi connectivity index (χ2n) is 4.40. The number of halogens is 1. The highest BCUT2D eigenvalue weighted by molar-refractivity contribution is 5.98. The molecular weight excluding hydrogens is 249 g/mol. The van der Waals surface area contributed by atoms with Gasteiger partial charge in [-0.25, -0.2) is 9.37 Å². The van der Waals surface area contributed by atoms with Crippen molar-refractivity contribution in [3.05, 3.63) is 23.6 Å². The van der Waals surface area contributed by atoms with Gasteiger partial charge in [0.2, 0.25) is 0 Å². The average Bonchev–Trinajstić information content (AvgIpc) is 2.37. The minimum atomic E-state index is -0.558. The van der Waals surface area contributed by atoms with Gasteiger partial charge in [0.05, 0.1) is 18.4 Å². The normalized spacial score (nSPS) is 10.6. The zero-order valence-electron chi connectivity index (χ0n) is 11.5. The minimum absolute atomic E-state index is 0.0857. The first-order valence-electron chi connectivity index (χ1n) is 6.32. The Balaban J connectivity index is 3.11. The molecule has 0 aliphatic carbocycles. The third-order valence-corrected chi connectivity index (χ3v) is 2.65. The van der Waals surface area contributed by atoms with Gasteiger partial charge in [-0.1, -0.05) is 0 Å². The Morgan fingerprint density at radius 1 is 1.58 bits per heavy atom. The molecule has 0 atom stereocenters. The van der Waals surface area contributed by atoms with Crippen LogP contribution in [0.15, 0.2) is 12.3 Å². The van der Waals surface area contributed by atoms with Crippen molar-refractivity contribution in [3.8, 4) is 0 Å². The third-order valence-electron chi connectivity index (χ3n) is 2.65. The van der Waals surface area contributed by atoms with Crippen LogP contribution in [0.5, 0.6) is 0 Å². The Labute approximate surface area is 112 Å². The Kier molecular flexibility index (Phi) is 5.69. The Morgan fingerprint density at radius 3 is 2.79 bits per heavy atom. The fourth-order valence-electron chi connectivity index (χ4n) is 1.77. The van der Waals surface area contributed by atoms with Crippen molar-refractivity contribution in [1.29, 1.82) is 0 Å². The zero-order chi connectivity index (χ0) is 14.4. The van der Waals surface area contributed by atoms with E-state index in [-0.39, 0.29) is 30.7 Å². The largest absolute Gasteiger partial charge is 0.395 e.